The molecule has 0 aliphatic carbocycles. The van der Waals surface area contributed by atoms with Crippen LogP contribution in [0.3, 0.4) is 0 Å². The van der Waals surface area contributed by atoms with Gasteiger partial charge in [0.15, 0.2) is 6.10 Å². The quantitative estimate of drug-likeness (QED) is 0.234. The second-order valence-electron chi connectivity index (χ2n) is 7.74. The molecule has 0 saturated carbocycles. The first kappa shape index (κ1) is 25.3. The van der Waals surface area contributed by atoms with Crippen molar-refractivity contribution in [3.8, 4) is 5.75 Å². The van der Waals surface area contributed by atoms with Crippen molar-refractivity contribution in [2.45, 2.75) is 25.0 Å². The van der Waals surface area contributed by atoms with Crippen molar-refractivity contribution < 1.29 is 24.2 Å². The summed E-state index contributed by atoms with van der Waals surface area (Å²) in [4.78, 5) is 24.8. The molecule has 0 aliphatic heterocycles. The van der Waals surface area contributed by atoms with Crippen LogP contribution < -0.4 is 16.4 Å². The van der Waals surface area contributed by atoms with Gasteiger partial charge in [-0.1, -0.05) is 48.5 Å². The number of anilines is 3. The Hall–Kier alpha value is -4.30. The number of benzene rings is 3. The number of hydrogen-bond acceptors (Lipinski definition) is 6. The van der Waals surface area contributed by atoms with Gasteiger partial charge in [0, 0.05) is 12.8 Å². The Morgan fingerprint density at radius 3 is 2.34 bits per heavy atom. The second kappa shape index (κ2) is 12.8. The lowest BCUT2D eigenvalue weighted by molar-refractivity contribution is -0.111. The molecule has 8 heteroatoms. The minimum atomic E-state index is -0.740. The molecular formula is C27H29N3O5. The molecule has 0 unspecified atom stereocenters. The number of carbonyl (C=O) groups is 2. The third-order valence-corrected chi connectivity index (χ3v) is 5.22. The molecule has 2 atom stereocenters. The van der Waals surface area contributed by atoms with Crippen LogP contribution in [-0.2, 0) is 14.3 Å². The number of phenols is 1. The molecule has 0 heterocycles. The van der Waals surface area contributed by atoms with E-state index in [1.165, 1.54) is 25.3 Å². The van der Waals surface area contributed by atoms with Gasteiger partial charge >= 0.3 is 6.09 Å². The van der Waals surface area contributed by atoms with Crippen LogP contribution in [-0.4, -0.2) is 30.3 Å². The van der Waals surface area contributed by atoms with Gasteiger partial charge in [-0.15, -0.1) is 0 Å². The first-order valence-electron chi connectivity index (χ1n) is 11.1. The number of allylic oxidation sites excluding steroid dienone is 1. The molecule has 3 aromatic carbocycles. The highest BCUT2D eigenvalue weighted by Crippen LogP contribution is 2.28. The van der Waals surface area contributed by atoms with E-state index in [0.717, 1.165) is 0 Å². The summed E-state index contributed by atoms with van der Waals surface area (Å²) in [5.41, 5.74) is 8.14. The summed E-state index contributed by atoms with van der Waals surface area (Å²) in [5.74, 6) is -0.200. The maximum atomic E-state index is 12.6. The van der Waals surface area contributed by atoms with E-state index in [4.69, 9.17) is 15.2 Å². The van der Waals surface area contributed by atoms with Crippen molar-refractivity contribution in [1.29, 1.82) is 0 Å². The summed E-state index contributed by atoms with van der Waals surface area (Å²) >= 11 is 0. The summed E-state index contributed by atoms with van der Waals surface area (Å²) in [7, 11) is 1.53. The Kier molecular flexibility index (Phi) is 9.27. The van der Waals surface area contributed by atoms with Crippen molar-refractivity contribution in [1.82, 2.24) is 0 Å². The number of nitrogen functional groups attached to an aromatic ring is 1. The Morgan fingerprint density at radius 1 is 0.971 bits per heavy atom. The Morgan fingerprint density at radius 2 is 1.66 bits per heavy atom. The highest BCUT2D eigenvalue weighted by Gasteiger charge is 2.27. The number of nitrogens with one attached hydrogen (secondary N) is 2. The smallest absolute Gasteiger partial charge is 0.412 e. The average molecular weight is 476 g/mol. The van der Waals surface area contributed by atoms with Crippen molar-refractivity contribution in [2.75, 3.05) is 23.5 Å². The largest absolute Gasteiger partial charge is 0.508 e. The molecule has 5 N–H and O–H groups in total. The van der Waals surface area contributed by atoms with Crippen LogP contribution in [0.1, 0.15) is 24.5 Å². The van der Waals surface area contributed by atoms with Crippen LogP contribution in [0.2, 0.25) is 0 Å². The van der Waals surface area contributed by atoms with Gasteiger partial charge in [0.2, 0.25) is 5.91 Å². The lowest BCUT2D eigenvalue weighted by Crippen LogP contribution is -2.28. The molecule has 0 aromatic heterocycles. The summed E-state index contributed by atoms with van der Waals surface area (Å²) < 4.78 is 11.4. The van der Waals surface area contributed by atoms with Gasteiger partial charge in [-0.2, -0.15) is 0 Å². The molecule has 3 aromatic rings. The second-order valence-corrected chi connectivity index (χ2v) is 7.74. The highest BCUT2D eigenvalue weighted by atomic mass is 16.6. The van der Waals surface area contributed by atoms with Crippen molar-refractivity contribution in [3.05, 3.63) is 96.6 Å². The molecule has 2 amide bonds. The minimum Gasteiger partial charge on any atom is -0.508 e. The molecule has 0 spiro atoms. The highest BCUT2D eigenvalue weighted by molar-refractivity contribution is 6.01. The monoisotopic (exact) mass is 475 g/mol. The molecule has 35 heavy (non-hydrogen) atoms. The lowest BCUT2D eigenvalue weighted by Gasteiger charge is -2.26. The molecule has 0 fully saturated rings. The number of rotatable bonds is 10. The third kappa shape index (κ3) is 7.90. The molecule has 182 valence electrons. The van der Waals surface area contributed by atoms with E-state index in [9.17, 15) is 14.7 Å². The molecule has 8 nitrogen and oxygen atoms in total. The molecule has 0 saturated heterocycles. The van der Waals surface area contributed by atoms with Crippen molar-refractivity contribution in [3.63, 3.8) is 0 Å². The third-order valence-electron chi connectivity index (χ3n) is 5.22. The van der Waals surface area contributed by atoms with E-state index >= 15 is 0 Å². The molecular weight excluding hydrogens is 446 g/mol. The van der Waals surface area contributed by atoms with Gasteiger partial charge in [0.1, 0.15) is 5.75 Å². The topological polar surface area (TPSA) is 123 Å². The summed E-state index contributed by atoms with van der Waals surface area (Å²) in [6.45, 7) is 0. The number of methoxy groups -OCH3 is 1. The first-order valence-corrected chi connectivity index (χ1v) is 11.1. The maximum Gasteiger partial charge on any atom is 0.412 e. The fourth-order valence-electron chi connectivity index (χ4n) is 3.44. The molecule has 0 bridgehead atoms. The van der Waals surface area contributed by atoms with E-state index in [-0.39, 0.29) is 11.7 Å². The van der Waals surface area contributed by atoms with Crippen LogP contribution in [0.5, 0.6) is 5.75 Å². The van der Waals surface area contributed by atoms with Gasteiger partial charge in [-0.05, 0) is 60.9 Å². The van der Waals surface area contributed by atoms with E-state index in [1.807, 2.05) is 6.07 Å². The number of aromatic hydroxyl groups is 1. The normalized spacial score (nSPS) is 12.6. The number of hydrogen-bond donors (Lipinski definition) is 4. The van der Waals surface area contributed by atoms with E-state index in [0.29, 0.717) is 35.5 Å². The maximum absolute atomic E-state index is 12.6. The predicted octanol–water partition coefficient (Wildman–Crippen LogP) is 5.25. The lowest BCUT2D eigenvalue weighted by atomic mass is 10.00. The zero-order chi connectivity index (χ0) is 25.0. The van der Waals surface area contributed by atoms with Crippen molar-refractivity contribution >= 4 is 29.1 Å². The number of amides is 2. The van der Waals surface area contributed by atoms with E-state index in [1.54, 1.807) is 66.7 Å². The zero-order valence-corrected chi connectivity index (χ0v) is 19.4. The summed E-state index contributed by atoms with van der Waals surface area (Å²) in [5, 5.41) is 15.1. The van der Waals surface area contributed by atoms with Crippen LogP contribution in [0.4, 0.5) is 21.9 Å². The van der Waals surface area contributed by atoms with Crippen LogP contribution in [0.25, 0.3) is 0 Å². The number of ether oxygens (including phenoxy) is 2. The summed E-state index contributed by atoms with van der Waals surface area (Å²) in [6.07, 6.45) is 2.24. The predicted molar refractivity (Wildman–Crippen MR) is 136 cm³/mol. The molecule has 0 radical (unpaired) electrons. The first-order chi connectivity index (χ1) is 17.0. The number of phenolic OH excluding ortho intramolecular Hbond substituents is 1. The fraction of sp³-hybridized carbons (Fsp3) is 0.185. The SMILES string of the molecule is CO[C@H](CC/C=C/C(=O)Nc1ccccc1N)[C@H](OC(=O)Nc1ccccc1)c1ccc(O)cc1. The van der Waals surface area contributed by atoms with Crippen LogP contribution in [0, 0.1) is 0 Å². The van der Waals surface area contributed by atoms with Gasteiger partial charge in [0.25, 0.3) is 0 Å². The van der Waals surface area contributed by atoms with Crippen molar-refractivity contribution in [2.24, 2.45) is 0 Å². The van der Waals surface area contributed by atoms with E-state index in [2.05, 4.69) is 10.6 Å². The van der Waals surface area contributed by atoms with Gasteiger partial charge in [-0.25, -0.2) is 4.79 Å². The number of nitrogens with two attached hydrogens (primary N) is 1. The van der Waals surface area contributed by atoms with Gasteiger partial charge in [0.05, 0.1) is 17.5 Å². The Balaban J connectivity index is 1.64. The summed E-state index contributed by atoms with van der Waals surface area (Å²) in [6, 6.07) is 22.4. The Labute approximate surface area is 204 Å². The standard InChI is InChI=1S/C27H29N3O5/c1-34-24(13-7-8-14-25(32)30-23-12-6-5-11-22(23)28)26(19-15-17-21(31)18-16-19)35-27(33)29-20-9-3-2-4-10-20/h2-6,8-12,14-18,24,26,31H,7,13,28H2,1H3,(H,29,33)(H,30,32)/b14-8+/t24-,26-/m1/s1. The number of carbonyl (C=O) groups excluding carboxylic acids is 2. The molecule has 0 aliphatic rings. The zero-order valence-electron chi connectivity index (χ0n) is 19.4. The van der Waals surface area contributed by atoms with Crippen LogP contribution in [0.15, 0.2) is 91.0 Å². The average Bonchev–Trinajstić information content (AvgIpc) is 2.86. The van der Waals surface area contributed by atoms with Crippen LogP contribution >= 0.6 is 0 Å². The minimum absolute atomic E-state index is 0.100. The fourth-order valence-corrected chi connectivity index (χ4v) is 3.44. The van der Waals surface area contributed by atoms with Gasteiger partial charge in [-0.3, -0.25) is 10.1 Å². The number of para-hydroxylation sites is 3. The Bertz CT molecular complexity index is 1130. The molecule has 3 rings (SSSR count). The van der Waals surface area contributed by atoms with E-state index < -0.39 is 18.3 Å². The van der Waals surface area contributed by atoms with Gasteiger partial charge < -0.3 is 25.6 Å².